The number of alkyl carbamates (subject to hydrolysis) is 1. The molecule has 0 heterocycles. The van der Waals surface area contributed by atoms with Gasteiger partial charge in [0.05, 0.1) is 7.11 Å². The molecule has 6 heteroatoms. The lowest BCUT2D eigenvalue weighted by molar-refractivity contribution is -0.144. The summed E-state index contributed by atoms with van der Waals surface area (Å²) in [6, 6.07) is 6.46. The van der Waals surface area contributed by atoms with Crippen LogP contribution in [-0.2, 0) is 20.7 Å². The van der Waals surface area contributed by atoms with Crippen molar-refractivity contribution in [2.24, 2.45) is 17.8 Å². The molecule has 5 rings (SSSR count). The molecular weight excluding hydrogens is 344 g/mol. The number of carbonyl (C=O) groups excluding carboxylic acids is 2. The average molecular weight is 372 g/mol. The molecule has 6 nitrogen and oxygen atoms in total. The number of carbonyl (C=O) groups is 2. The smallest absolute Gasteiger partial charge is 0.408 e. The minimum absolute atomic E-state index is 0.333. The lowest BCUT2D eigenvalue weighted by Gasteiger charge is -2.55. The highest BCUT2D eigenvalue weighted by Gasteiger charge is 2.53. The van der Waals surface area contributed by atoms with Gasteiger partial charge in [0.15, 0.2) is 0 Å². The lowest BCUT2D eigenvalue weighted by Crippen LogP contribution is -2.55. The first-order valence-electron chi connectivity index (χ1n) is 9.86. The quantitative estimate of drug-likeness (QED) is 0.612. The maximum atomic E-state index is 12.6. The molecule has 1 amide bonds. The second kappa shape index (κ2) is 7.06. The van der Waals surface area contributed by atoms with Crippen LogP contribution in [0, 0.1) is 17.8 Å². The standard InChI is InChI=1S/C21H28N2O4/c1-26-19(24)18(9-13-2-4-17(22)5-3-13)23-20(25)27-21-10-14-6-15(11-21)8-16(7-14)12-21/h2-5,14-16,18H,6-12,22H2,1H3,(H,23,25)/t14?,15?,16?,18-,21?/m0/s1. The number of esters is 1. The lowest BCUT2D eigenvalue weighted by atomic mass is 9.54. The van der Waals surface area contributed by atoms with Gasteiger partial charge in [0.1, 0.15) is 11.6 Å². The van der Waals surface area contributed by atoms with Crippen molar-refractivity contribution in [3.05, 3.63) is 29.8 Å². The molecule has 146 valence electrons. The molecule has 0 aromatic heterocycles. The molecule has 0 radical (unpaired) electrons. The number of nitrogen functional groups attached to an aromatic ring is 1. The Labute approximate surface area is 159 Å². The molecule has 0 spiro atoms. The molecule has 27 heavy (non-hydrogen) atoms. The number of ether oxygens (including phenoxy) is 2. The minimum Gasteiger partial charge on any atom is -0.467 e. The molecule has 4 fully saturated rings. The molecule has 1 aromatic rings. The number of hydrogen-bond acceptors (Lipinski definition) is 5. The predicted molar refractivity (Wildman–Crippen MR) is 101 cm³/mol. The fraction of sp³-hybridized carbons (Fsp3) is 0.619. The SMILES string of the molecule is COC(=O)[C@H](Cc1ccc(N)cc1)NC(=O)OC12CC3CC(CC(C3)C1)C2. The number of hydrogen-bond donors (Lipinski definition) is 2. The molecular formula is C21H28N2O4. The molecule has 0 unspecified atom stereocenters. The van der Waals surface area contributed by atoms with Crippen LogP contribution in [0.1, 0.15) is 44.1 Å². The third-order valence-corrected chi connectivity index (χ3v) is 6.49. The molecule has 0 aliphatic heterocycles. The predicted octanol–water partition coefficient (Wildman–Crippen LogP) is 3.05. The van der Waals surface area contributed by atoms with Gasteiger partial charge in [-0.25, -0.2) is 9.59 Å². The third kappa shape index (κ3) is 3.89. The van der Waals surface area contributed by atoms with Crippen LogP contribution in [0.15, 0.2) is 24.3 Å². The van der Waals surface area contributed by atoms with E-state index in [1.165, 1.54) is 26.4 Å². The Bertz CT molecular complexity index is 680. The molecule has 3 N–H and O–H groups in total. The normalized spacial score (nSPS) is 32.0. The van der Waals surface area contributed by atoms with E-state index in [-0.39, 0.29) is 5.60 Å². The Morgan fingerprint density at radius 3 is 2.19 bits per heavy atom. The van der Waals surface area contributed by atoms with E-state index in [0.717, 1.165) is 24.8 Å². The van der Waals surface area contributed by atoms with E-state index in [1.54, 1.807) is 12.1 Å². The second-order valence-electron chi connectivity index (χ2n) is 8.66. The van der Waals surface area contributed by atoms with E-state index in [2.05, 4.69) is 5.32 Å². The van der Waals surface area contributed by atoms with E-state index < -0.39 is 18.1 Å². The van der Waals surface area contributed by atoms with Crippen LogP contribution in [0.25, 0.3) is 0 Å². The summed E-state index contributed by atoms with van der Waals surface area (Å²) in [6.07, 6.45) is 6.57. The van der Waals surface area contributed by atoms with Crippen molar-refractivity contribution in [2.75, 3.05) is 12.8 Å². The summed E-state index contributed by atoms with van der Waals surface area (Å²) in [7, 11) is 1.32. The van der Waals surface area contributed by atoms with Gasteiger partial charge >= 0.3 is 12.1 Å². The van der Waals surface area contributed by atoms with Gasteiger partial charge in [0, 0.05) is 12.1 Å². The highest BCUT2D eigenvalue weighted by atomic mass is 16.6. The van der Waals surface area contributed by atoms with Gasteiger partial charge in [-0.3, -0.25) is 0 Å². The van der Waals surface area contributed by atoms with E-state index in [9.17, 15) is 9.59 Å². The van der Waals surface area contributed by atoms with Gasteiger partial charge in [0.25, 0.3) is 0 Å². The number of benzene rings is 1. The van der Waals surface area contributed by atoms with Crippen molar-refractivity contribution in [1.82, 2.24) is 5.32 Å². The Hall–Kier alpha value is -2.24. The summed E-state index contributed by atoms with van der Waals surface area (Å²) >= 11 is 0. The average Bonchev–Trinajstić information content (AvgIpc) is 2.60. The summed E-state index contributed by atoms with van der Waals surface area (Å²) in [5.41, 5.74) is 6.93. The first-order chi connectivity index (χ1) is 12.9. The maximum Gasteiger partial charge on any atom is 0.408 e. The minimum atomic E-state index is -0.778. The van der Waals surface area contributed by atoms with Gasteiger partial charge in [-0.05, 0) is 74.0 Å². The van der Waals surface area contributed by atoms with Crippen molar-refractivity contribution in [3.63, 3.8) is 0 Å². The molecule has 4 aliphatic carbocycles. The van der Waals surface area contributed by atoms with E-state index in [4.69, 9.17) is 15.2 Å². The first kappa shape index (κ1) is 18.1. The van der Waals surface area contributed by atoms with Crippen molar-refractivity contribution >= 4 is 17.7 Å². The third-order valence-electron chi connectivity index (χ3n) is 6.49. The molecule has 0 saturated heterocycles. The zero-order valence-electron chi connectivity index (χ0n) is 15.8. The molecule has 4 saturated carbocycles. The summed E-state index contributed by atoms with van der Waals surface area (Å²) in [4.78, 5) is 24.8. The fourth-order valence-electron chi connectivity index (χ4n) is 5.75. The van der Waals surface area contributed by atoms with Crippen LogP contribution >= 0.6 is 0 Å². The molecule has 1 aromatic carbocycles. The second-order valence-corrected chi connectivity index (χ2v) is 8.66. The Kier molecular flexibility index (Phi) is 4.74. The Morgan fingerprint density at radius 2 is 1.67 bits per heavy atom. The van der Waals surface area contributed by atoms with Crippen molar-refractivity contribution < 1.29 is 19.1 Å². The zero-order chi connectivity index (χ0) is 19.0. The summed E-state index contributed by atoms with van der Waals surface area (Å²) in [6.45, 7) is 0. The highest BCUT2D eigenvalue weighted by molar-refractivity contribution is 5.81. The highest BCUT2D eigenvalue weighted by Crippen LogP contribution is 2.57. The summed E-state index contributed by atoms with van der Waals surface area (Å²) in [5.74, 6) is 1.59. The summed E-state index contributed by atoms with van der Waals surface area (Å²) < 4.78 is 10.8. The van der Waals surface area contributed by atoms with E-state index in [0.29, 0.717) is 29.9 Å². The fourth-order valence-corrected chi connectivity index (χ4v) is 5.75. The van der Waals surface area contributed by atoms with Crippen LogP contribution < -0.4 is 11.1 Å². The van der Waals surface area contributed by atoms with Crippen LogP contribution in [0.2, 0.25) is 0 Å². The number of nitrogens with one attached hydrogen (secondary N) is 1. The van der Waals surface area contributed by atoms with E-state index in [1.807, 2.05) is 12.1 Å². The summed E-state index contributed by atoms with van der Waals surface area (Å²) in [5, 5.41) is 2.74. The largest absolute Gasteiger partial charge is 0.467 e. The number of anilines is 1. The van der Waals surface area contributed by atoms with Crippen LogP contribution in [0.4, 0.5) is 10.5 Å². The zero-order valence-corrected chi connectivity index (χ0v) is 15.8. The number of amides is 1. The van der Waals surface area contributed by atoms with Crippen molar-refractivity contribution in [2.45, 2.75) is 56.6 Å². The number of rotatable bonds is 5. The van der Waals surface area contributed by atoms with Crippen LogP contribution in [-0.4, -0.2) is 30.8 Å². The number of nitrogens with two attached hydrogens (primary N) is 1. The Balaban J connectivity index is 1.41. The van der Waals surface area contributed by atoms with Crippen molar-refractivity contribution in [3.8, 4) is 0 Å². The van der Waals surface area contributed by atoms with Gasteiger partial charge in [-0.15, -0.1) is 0 Å². The Morgan fingerprint density at radius 1 is 1.11 bits per heavy atom. The van der Waals surface area contributed by atoms with Crippen molar-refractivity contribution in [1.29, 1.82) is 0 Å². The van der Waals surface area contributed by atoms with Gasteiger partial charge in [0.2, 0.25) is 0 Å². The monoisotopic (exact) mass is 372 g/mol. The number of methoxy groups -OCH3 is 1. The first-order valence-corrected chi connectivity index (χ1v) is 9.86. The van der Waals surface area contributed by atoms with Gasteiger partial charge in [-0.2, -0.15) is 0 Å². The van der Waals surface area contributed by atoms with Crippen LogP contribution in [0.3, 0.4) is 0 Å². The topological polar surface area (TPSA) is 90.6 Å². The van der Waals surface area contributed by atoms with Crippen LogP contribution in [0.5, 0.6) is 0 Å². The van der Waals surface area contributed by atoms with Gasteiger partial charge < -0.3 is 20.5 Å². The van der Waals surface area contributed by atoms with E-state index >= 15 is 0 Å². The molecule has 1 atom stereocenters. The molecule has 4 bridgehead atoms. The molecule has 4 aliphatic rings. The van der Waals surface area contributed by atoms with Gasteiger partial charge in [-0.1, -0.05) is 12.1 Å². The maximum absolute atomic E-state index is 12.6.